The van der Waals surface area contributed by atoms with Crippen molar-refractivity contribution in [1.82, 2.24) is 9.71 Å². The minimum Gasteiger partial charge on any atom is -0.302 e. The van der Waals surface area contributed by atoms with Gasteiger partial charge in [0.1, 0.15) is 0 Å². The van der Waals surface area contributed by atoms with Gasteiger partial charge < -0.3 is 5.32 Å². The molecule has 0 saturated heterocycles. The van der Waals surface area contributed by atoms with E-state index in [1.54, 1.807) is 18.2 Å². The van der Waals surface area contributed by atoms with Gasteiger partial charge in [-0.25, -0.2) is 18.1 Å². The van der Waals surface area contributed by atoms with Crippen molar-refractivity contribution in [3.8, 4) is 0 Å². The lowest BCUT2D eigenvalue weighted by Crippen LogP contribution is -2.28. The van der Waals surface area contributed by atoms with Gasteiger partial charge >= 0.3 is 0 Å². The SMILES string of the molecule is Cc1ccc2nc(NC(=O)CCNS(=O)(=O)c3ccccc3Br)sc2c1. The molecule has 26 heavy (non-hydrogen) atoms. The Kier molecular flexibility index (Phi) is 5.71. The Labute approximate surface area is 163 Å². The predicted octanol–water partition coefficient (Wildman–Crippen LogP) is 3.67. The minimum atomic E-state index is -3.67. The lowest BCUT2D eigenvalue weighted by Gasteiger charge is -2.08. The molecule has 0 spiro atoms. The summed E-state index contributed by atoms with van der Waals surface area (Å²) in [7, 11) is -3.67. The minimum absolute atomic E-state index is 0.000492. The van der Waals surface area contributed by atoms with E-state index in [2.05, 4.69) is 31.0 Å². The first-order chi connectivity index (χ1) is 12.3. The highest BCUT2D eigenvalue weighted by atomic mass is 79.9. The lowest BCUT2D eigenvalue weighted by atomic mass is 10.2. The van der Waals surface area contributed by atoms with Gasteiger partial charge in [0.25, 0.3) is 0 Å². The van der Waals surface area contributed by atoms with Crippen molar-refractivity contribution in [2.24, 2.45) is 0 Å². The third kappa shape index (κ3) is 4.47. The molecule has 0 atom stereocenters. The molecule has 1 heterocycles. The molecule has 9 heteroatoms. The molecule has 0 bridgehead atoms. The summed E-state index contributed by atoms with van der Waals surface area (Å²) < 4.78 is 28.4. The summed E-state index contributed by atoms with van der Waals surface area (Å²) in [5.41, 5.74) is 1.95. The van der Waals surface area contributed by atoms with Crippen LogP contribution in [0.5, 0.6) is 0 Å². The Morgan fingerprint density at radius 3 is 2.77 bits per heavy atom. The van der Waals surface area contributed by atoms with Crippen LogP contribution in [0.4, 0.5) is 5.13 Å². The van der Waals surface area contributed by atoms with Crippen LogP contribution in [0.2, 0.25) is 0 Å². The number of halogens is 1. The van der Waals surface area contributed by atoms with E-state index >= 15 is 0 Å². The van der Waals surface area contributed by atoms with E-state index in [-0.39, 0.29) is 23.8 Å². The zero-order valence-corrected chi connectivity index (χ0v) is 17.0. The fourth-order valence-electron chi connectivity index (χ4n) is 2.31. The molecule has 1 aromatic heterocycles. The first-order valence-corrected chi connectivity index (χ1v) is 10.9. The van der Waals surface area contributed by atoms with Gasteiger partial charge in [0.2, 0.25) is 15.9 Å². The van der Waals surface area contributed by atoms with Crippen LogP contribution in [0.3, 0.4) is 0 Å². The molecule has 2 aromatic carbocycles. The molecule has 0 unspecified atom stereocenters. The van der Waals surface area contributed by atoms with Crippen molar-refractivity contribution in [1.29, 1.82) is 0 Å². The molecule has 0 radical (unpaired) electrons. The number of carbonyl (C=O) groups excluding carboxylic acids is 1. The normalized spacial score (nSPS) is 11.6. The smallest absolute Gasteiger partial charge is 0.241 e. The summed E-state index contributed by atoms with van der Waals surface area (Å²) in [6.45, 7) is 1.99. The molecule has 3 aromatic rings. The molecular formula is C17H16BrN3O3S2. The maximum absolute atomic E-state index is 12.3. The molecule has 0 aliphatic heterocycles. The third-order valence-electron chi connectivity index (χ3n) is 3.56. The summed E-state index contributed by atoms with van der Waals surface area (Å²) in [6.07, 6.45) is 0.0125. The molecule has 1 amide bonds. The Bertz CT molecular complexity index is 1060. The van der Waals surface area contributed by atoms with Crippen LogP contribution in [0.15, 0.2) is 51.8 Å². The number of nitrogens with one attached hydrogen (secondary N) is 2. The number of rotatable bonds is 6. The fourth-order valence-corrected chi connectivity index (χ4v) is 5.32. The van der Waals surface area contributed by atoms with E-state index in [9.17, 15) is 13.2 Å². The number of fused-ring (bicyclic) bond motifs is 1. The van der Waals surface area contributed by atoms with Crippen LogP contribution in [0.1, 0.15) is 12.0 Å². The average molecular weight is 454 g/mol. The second-order valence-corrected chi connectivity index (χ2v) is 9.24. The number of nitrogens with zero attached hydrogens (tertiary/aromatic N) is 1. The van der Waals surface area contributed by atoms with E-state index in [4.69, 9.17) is 0 Å². The summed E-state index contributed by atoms with van der Waals surface area (Å²) in [6, 6.07) is 12.4. The summed E-state index contributed by atoms with van der Waals surface area (Å²) in [5, 5.41) is 3.22. The molecule has 3 rings (SSSR count). The molecule has 136 valence electrons. The van der Waals surface area contributed by atoms with Crippen molar-refractivity contribution >= 4 is 58.5 Å². The molecular weight excluding hydrogens is 438 g/mol. The van der Waals surface area contributed by atoms with Gasteiger partial charge in [-0.15, -0.1) is 0 Å². The van der Waals surface area contributed by atoms with Crippen molar-refractivity contribution in [2.45, 2.75) is 18.2 Å². The predicted molar refractivity (Wildman–Crippen MR) is 107 cm³/mol. The number of aryl methyl sites for hydroxylation is 1. The largest absolute Gasteiger partial charge is 0.302 e. The van der Waals surface area contributed by atoms with E-state index in [0.717, 1.165) is 15.8 Å². The standard InChI is InChI=1S/C17H16BrN3O3S2/c1-11-6-7-13-14(10-11)25-17(20-13)21-16(22)8-9-19-26(23,24)15-5-3-2-4-12(15)18/h2-7,10,19H,8-9H2,1H3,(H,20,21,22). The van der Waals surface area contributed by atoms with Crippen molar-refractivity contribution in [2.75, 3.05) is 11.9 Å². The van der Waals surface area contributed by atoms with Crippen molar-refractivity contribution in [3.63, 3.8) is 0 Å². The quantitative estimate of drug-likeness (QED) is 0.595. The highest BCUT2D eigenvalue weighted by Crippen LogP contribution is 2.26. The molecule has 0 saturated carbocycles. The maximum atomic E-state index is 12.3. The second kappa shape index (κ2) is 7.83. The van der Waals surface area contributed by atoms with Crippen LogP contribution in [-0.4, -0.2) is 25.9 Å². The number of thiazole rings is 1. The molecule has 0 fully saturated rings. The molecule has 0 aliphatic rings. The van der Waals surface area contributed by atoms with Gasteiger partial charge in [0.15, 0.2) is 5.13 Å². The molecule has 2 N–H and O–H groups in total. The van der Waals surface area contributed by atoms with E-state index in [1.807, 2.05) is 25.1 Å². The van der Waals surface area contributed by atoms with E-state index in [0.29, 0.717) is 9.60 Å². The van der Waals surface area contributed by atoms with Crippen molar-refractivity contribution < 1.29 is 13.2 Å². The summed E-state index contributed by atoms with van der Waals surface area (Å²) in [4.78, 5) is 16.5. The average Bonchev–Trinajstić information content (AvgIpc) is 2.96. The number of amides is 1. The summed E-state index contributed by atoms with van der Waals surface area (Å²) in [5.74, 6) is -0.296. The van der Waals surface area contributed by atoms with Gasteiger partial charge in [-0.3, -0.25) is 4.79 Å². The van der Waals surface area contributed by atoms with Crippen LogP contribution in [-0.2, 0) is 14.8 Å². The third-order valence-corrected chi connectivity index (χ3v) is 6.97. The van der Waals surface area contributed by atoms with E-state index < -0.39 is 10.0 Å². The first kappa shape index (κ1) is 19.0. The van der Waals surface area contributed by atoms with Gasteiger partial charge in [-0.05, 0) is 52.7 Å². The monoisotopic (exact) mass is 453 g/mol. The zero-order chi connectivity index (χ0) is 18.7. The van der Waals surface area contributed by atoms with Gasteiger partial charge in [0, 0.05) is 17.4 Å². The summed E-state index contributed by atoms with van der Waals surface area (Å²) >= 11 is 4.60. The van der Waals surface area contributed by atoms with Crippen LogP contribution >= 0.6 is 27.3 Å². The first-order valence-electron chi connectivity index (χ1n) is 7.76. The van der Waals surface area contributed by atoms with Crippen LogP contribution in [0.25, 0.3) is 10.2 Å². The number of aromatic nitrogens is 1. The highest BCUT2D eigenvalue weighted by molar-refractivity contribution is 9.10. The Morgan fingerprint density at radius 1 is 1.23 bits per heavy atom. The molecule has 0 aliphatic carbocycles. The van der Waals surface area contributed by atoms with E-state index in [1.165, 1.54) is 17.4 Å². The van der Waals surface area contributed by atoms with Gasteiger partial charge in [-0.2, -0.15) is 0 Å². The number of benzene rings is 2. The van der Waals surface area contributed by atoms with Crippen molar-refractivity contribution in [3.05, 3.63) is 52.5 Å². The molecule has 6 nitrogen and oxygen atoms in total. The fraction of sp³-hybridized carbons (Fsp3) is 0.176. The lowest BCUT2D eigenvalue weighted by molar-refractivity contribution is -0.116. The Morgan fingerprint density at radius 2 is 2.00 bits per heavy atom. The topological polar surface area (TPSA) is 88.2 Å². The number of sulfonamides is 1. The zero-order valence-electron chi connectivity index (χ0n) is 13.8. The Hall–Kier alpha value is -1.81. The maximum Gasteiger partial charge on any atom is 0.241 e. The number of anilines is 1. The van der Waals surface area contributed by atoms with Gasteiger partial charge in [0.05, 0.1) is 15.1 Å². The number of carbonyl (C=O) groups is 1. The van der Waals surface area contributed by atoms with Crippen LogP contribution < -0.4 is 10.0 Å². The number of hydrogen-bond acceptors (Lipinski definition) is 5. The number of hydrogen-bond donors (Lipinski definition) is 2. The Balaban J connectivity index is 1.57. The second-order valence-electron chi connectivity index (χ2n) is 5.62. The highest BCUT2D eigenvalue weighted by Gasteiger charge is 2.17. The van der Waals surface area contributed by atoms with Crippen LogP contribution in [0, 0.1) is 6.92 Å². The van der Waals surface area contributed by atoms with Gasteiger partial charge in [-0.1, -0.05) is 29.5 Å².